The van der Waals surface area contributed by atoms with Gasteiger partial charge in [0.15, 0.2) is 6.29 Å². The Kier molecular flexibility index (Phi) is 3.49. The highest BCUT2D eigenvalue weighted by atomic mass is 79.9. The number of rotatable bonds is 3. The van der Waals surface area contributed by atoms with Gasteiger partial charge in [-0.15, -0.1) is 0 Å². The van der Waals surface area contributed by atoms with Gasteiger partial charge in [-0.25, -0.2) is 4.39 Å². The van der Waals surface area contributed by atoms with Crippen LogP contribution in [-0.2, 0) is 0 Å². The van der Waals surface area contributed by atoms with Gasteiger partial charge in [0.2, 0.25) is 0 Å². The van der Waals surface area contributed by atoms with Gasteiger partial charge in [-0.3, -0.25) is 9.78 Å². The first-order valence-electron chi connectivity index (χ1n) is 4.72. The second-order valence-corrected chi connectivity index (χ2v) is 4.10. The first kappa shape index (κ1) is 11.7. The largest absolute Gasteiger partial charge is 0.456 e. The third-order valence-electron chi connectivity index (χ3n) is 2.00. The topological polar surface area (TPSA) is 39.2 Å². The molecule has 0 atom stereocenters. The second kappa shape index (κ2) is 5.05. The number of carbonyl (C=O) groups is 1. The van der Waals surface area contributed by atoms with E-state index in [4.69, 9.17) is 4.74 Å². The van der Waals surface area contributed by atoms with Crippen molar-refractivity contribution in [2.45, 2.75) is 0 Å². The minimum atomic E-state index is -0.415. The fourth-order valence-corrected chi connectivity index (χ4v) is 1.48. The van der Waals surface area contributed by atoms with E-state index < -0.39 is 5.82 Å². The number of halogens is 2. The Balaban J connectivity index is 2.24. The highest BCUT2D eigenvalue weighted by molar-refractivity contribution is 9.10. The zero-order chi connectivity index (χ0) is 12.3. The summed E-state index contributed by atoms with van der Waals surface area (Å²) in [6.07, 6.45) is 3.54. The molecule has 0 amide bonds. The number of carbonyl (C=O) groups excluding carboxylic acids is 1. The summed E-state index contributed by atoms with van der Waals surface area (Å²) < 4.78 is 19.0. The standard InChI is InChI=1S/C12H7BrFNO2/c13-11-2-1-9(4-12(11)14)17-10-3-8(7-16)5-15-6-10/h1-7H. The molecule has 3 nitrogen and oxygen atoms in total. The molecule has 86 valence electrons. The van der Waals surface area contributed by atoms with E-state index in [1.54, 1.807) is 12.1 Å². The molecule has 2 aromatic rings. The van der Waals surface area contributed by atoms with Crippen molar-refractivity contribution in [3.8, 4) is 11.5 Å². The molecule has 0 aliphatic heterocycles. The zero-order valence-corrected chi connectivity index (χ0v) is 10.1. The Morgan fingerprint density at radius 1 is 1.24 bits per heavy atom. The molecule has 0 N–H and O–H groups in total. The molecule has 0 saturated carbocycles. The van der Waals surface area contributed by atoms with Crippen molar-refractivity contribution in [2.75, 3.05) is 0 Å². The molecular weight excluding hydrogens is 289 g/mol. The molecular formula is C12H7BrFNO2. The van der Waals surface area contributed by atoms with Crippen LogP contribution in [0.3, 0.4) is 0 Å². The van der Waals surface area contributed by atoms with Crippen LogP contribution in [0.25, 0.3) is 0 Å². The number of aldehydes is 1. The average Bonchev–Trinajstić information content (AvgIpc) is 2.34. The van der Waals surface area contributed by atoms with E-state index in [9.17, 15) is 9.18 Å². The van der Waals surface area contributed by atoms with Crippen LogP contribution in [0.1, 0.15) is 10.4 Å². The zero-order valence-electron chi connectivity index (χ0n) is 8.56. The van der Waals surface area contributed by atoms with Gasteiger partial charge in [0.05, 0.1) is 10.7 Å². The third-order valence-corrected chi connectivity index (χ3v) is 2.64. The highest BCUT2D eigenvalue weighted by Crippen LogP contribution is 2.25. The SMILES string of the molecule is O=Cc1cncc(Oc2ccc(Br)c(F)c2)c1. The van der Waals surface area contributed by atoms with E-state index in [2.05, 4.69) is 20.9 Å². The van der Waals surface area contributed by atoms with Gasteiger partial charge >= 0.3 is 0 Å². The van der Waals surface area contributed by atoms with Gasteiger partial charge in [-0.1, -0.05) is 0 Å². The van der Waals surface area contributed by atoms with E-state index in [0.717, 1.165) is 0 Å². The molecule has 0 radical (unpaired) electrons. The summed E-state index contributed by atoms with van der Waals surface area (Å²) >= 11 is 3.05. The number of benzene rings is 1. The van der Waals surface area contributed by atoms with Crippen LogP contribution in [0.5, 0.6) is 11.5 Å². The lowest BCUT2D eigenvalue weighted by atomic mass is 10.3. The van der Waals surface area contributed by atoms with Crippen LogP contribution in [0.4, 0.5) is 4.39 Å². The van der Waals surface area contributed by atoms with Crippen molar-refractivity contribution in [1.29, 1.82) is 0 Å². The van der Waals surface area contributed by atoms with Gasteiger partial charge in [-0.05, 0) is 34.1 Å². The molecule has 0 unspecified atom stereocenters. The Morgan fingerprint density at radius 2 is 2.06 bits per heavy atom. The van der Waals surface area contributed by atoms with Crippen LogP contribution in [0.15, 0.2) is 41.1 Å². The van der Waals surface area contributed by atoms with Crippen LogP contribution in [-0.4, -0.2) is 11.3 Å². The van der Waals surface area contributed by atoms with Gasteiger partial charge in [0.25, 0.3) is 0 Å². The summed E-state index contributed by atoms with van der Waals surface area (Å²) in [6, 6.07) is 5.93. The fourth-order valence-electron chi connectivity index (χ4n) is 1.23. The first-order valence-corrected chi connectivity index (χ1v) is 5.51. The van der Waals surface area contributed by atoms with E-state index in [1.807, 2.05) is 0 Å². The predicted molar refractivity (Wildman–Crippen MR) is 63.8 cm³/mol. The molecule has 0 aliphatic rings. The molecule has 0 aliphatic carbocycles. The maximum atomic E-state index is 13.2. The summed E-state index contributed by atoms with van der Waals surface area (Å²) in [6.45, 7) is 0. The summed E-state index contributed by atoms with van der Waals surface area (Å²) in [5.74, 6) is 0.314. The molecule has 2 rings (SSSR count). The second-order valence-electron chi connectivity index (χ2n) is 3.25. The van der Waals surface area contributed by atoms with Crippen molar-refractivity contribution in [3.05, 3.63) is 52.5 Å². The van der Waals surface area contributed by atoms with Crippen molar-refractivity contribution in [1.82, 2.24) is 4.98 Å². The van der Waals surface area contributed by atoms with Crippen LogP contribution < -0.4 is 4.74 Å². The molecule has 1 aromatic heterocycles. The molecule has 1 heterocycles. The monoisotopic (exact) mass is 295 g/mol. The predicted octanol–water partition coefficient (Wildman–Crippen LogP) is 3.59. The van der Waals surface area contributed by atoms with E-state index in [1.165, 1.54) is 24.5 Å². The van der Waals surface area contributed by atoms with Gasteiger partial charge in [0, 0.05) is 17.8 Å². The van der Waals surface area contributed by atoms with Crippen LogP contribution in [0.2, 0.25) is 0 Å². The Morgan fingerprint density at radius 3 is 2.76 bits per heavy atom. The maximum Gasteiger partial charge on any atom is 0.151 e. The van der Waals surface area contributed by atoms with E-state index >= 15 is 0 Å². The first-order chi connectivity index (χ1) is 8.19. The Labute approximate surface area is 105 Å². The van der Waals surface area contributed by atoms with Gasteiger partial charge < -0.3 is 4.74 Å². The number of nitrogens with zero attached hydrogens (tertiary/aromatic N) is 1. The average molecular weight is 296 g/mol. The lowest BCUT2D eigenvalue weighted by molar-refractivity contribution is 0.112. The fraction of sp³-hybridized carbons (Fsp3) is 0. The summed E-state index contributed by atoms with van der Waals surface area (Å²) in [7, 11) is 0. The van der Waals surface area contributed by atoms with E-state index in [0.29, 0.717) is 27.8 Å². The highest BCUT2D eigenvalue weighted by Gasteiger charge is 2.03. The van der Waals surface area contributed by atoms with Crippen LogP contribution >= 0.6 is 15.9 Å². The molecule has 0 saturated heterocycles. The lowest BCUT2D eigenvalue weighted by Crippen LogP contribution is -1.89. The number of ether oxygens (including phenoxy) is 1. The van der Waals surface area contributed by atoms with Gasteiger partial charge in [0.1, 0.15) is 17.3 Å². The number of pyridine rings is 1. The molecule has 0 bridgehead atoms. The normalized spacial score (nSPS) is 10.0. The van der Waals surface area contributed by atoms with Crippen LogP contribution in [0, 0.1) is 5.82 Å². The molecule has 5 heteroatoms. The van der Waals surface area contributed by atoms with Crippen molar-refractivity contribution >= 4 is 22.2 Å². The quantitative estimate of drug-likeness (QED) is 0.813. The minimum absolute atomic E-state index is 0.343. The third kappa shape index (κ3) is 2.88. The number of hydrogen-bond acceptors (Lipinski definition) is 3. The molecule has 17 heavy (non-hydrogen) atoms. The molecule has 1 aromatic carbocycles. The minimum Gasteiger partial charge on any atom is -0.456 e. The summed E-state index contributed by atoms with van der Waals surface area (Å²) in [5.41, 5.74) is 0.403. The molecule has 0 spiro atoms. The number of aromatic nitrogens is 1. The maximum absolute atomic E-state index is 13.2. The molecule has 0 fully saturated rings. The summed E-state index contributed by atoms with van der Waals surface area (Å²) in [4.78, 5) is 14.4. The van der Waals surface area contributed by atoms with E-state index in [-0.39, 0.29) is 0 Å². The van der Waals surface area contributed by atoms with Gasteiger partial charge in [-0.2, -0.15) is 0 Å². The Hall–Kier alpha value is -1.75. The number of hydrogen-bond donors (Lipinski definition) is 0. The van der Waals surface area contributed by atoms with Crippen molar-refractivity contribution in [2.24, 2.45) is 0 Å². The smallest absolute Gasteiger partial charge is 0.151 e. The van der Waals surface area contributed by atoms with Crippen molar-refractivity contribution < 1.29 is 13.9 Å². The summed E-state index contributed by atoms with van der Waals surface area (Å²) in [5, 5.41) is 0. The Bertz CT molecular complexity index is 560. The van der Waals surface area contributed by atoms with Crippen molar-refractivity contribution in [3.63, 3.8) is 0 Å². The lowest BCUT2D eigenvalue weighted by Gasteiger charge is -2.05.